The molecule has 0 unspecified atom stereocenters. The third kappa shape index (κ3) is 3.52. The fraction of sp³-hybridized carbons (Fsp3) is 0.0588. The molecule has 0 saturated heterocycles. The fourth-order valence-corrected chi connectivity index (χ4v) is 2.01. The third-order valence-corrected chi connectivity index (χ3v) is 3.21. The van der Waals surface area contributed by atoms with Crippen LogP contribution in [0.4, 0.5) is 4.39 Å². The van der Waals surface area contributed by atoms with Crippen LogP contribution in [0.1, 0.15) is 20.7 Å². The summed E-state index contributed by atoms with van der Waals surface area (Å²) in [6.07, 6.45) is 1.20. The Morgan fingerprint density at radius 2 is 1.88 bits per heavy atom. The zero-order chi connectivity index (χ0) is 16.9. The minimum Gasteiger partial charge on any atom is -0.454 e. The average molecular weight is 326 g/mol. The van der Waals surface area contributed by atoms with Crippen LogP contribution in [0.2, 0.25) is 0 Å². The topological polar surface area (TPSA) is 82.3 Å². The molecule has 0 spiro atoms. The summed E-state index contributed by atoms with van der Waals surface area (Å²) in [4.78, 5) is 23.8. The lowest BCUT2D eigenvalue weighted by atomic mass is 10.1. The van der Waals surface area contributed by atoms with Crippen molar-refractivity contribution in [3.8, 4) is 11.5 Å². The van der Waals surface area contributed by atoms with Crippen LogP contribution in [0, 0.1) is 5.82 Å². The number of carbonyl (C=O) groups is 2. The lowest BCUT2D eigenvalue weighted by Gasteiger charge is -2.05. The molecule has 0 amide bonds. The Morgan fingerprint density at radius 3 is 2.54 bits per heavy atom. The van der Waals surface area contributed by atoms with Crippen molar-refractivity contribution in [3.05, 3.63) is 71.9 Å². The van der Waals surface area contributed by atoms with Crippen LogP contribution in [-0.2, 0) is 4.74 Å². The molecule has 1 aromatic heterocycles. The highest BCUT2D eigenvalue weighted by molar-refractivity contribution is 5.99. The second-order valence-electron chi connectivity index (χ2n) is 4.83. The molecule has 0 atom stereocenters. The number of Topliss-reactive ketones (excluding diaryl/α,β-unsaturated/α-hetero) is 1. The minimum absolute atomic E-state index is 0.148. The summed E-state index contributed by atoms with van der Waals surface area (Å²) >= 11 is 0. The number of nitrogens with zero attached hydrogens (tertiary/aromatic N) is 2. The van der Waals surface area contributed by atoms with E-state index in [1.54, 1.807) is 12.1 Å². The van der Waals surface area contributed by atoms with Gasteiger partial charge in [-0.25, -0.2) is 9.18 Å². The summed E-state index contributed by atoms with van der Waals surface area (Å²) in [5, 5.41) is 7.32. The Morgan fingerprint density at radius 1 is 1.08 bits per heavy atom. The van der Waals surface area contributed by atoms with Gasteiger partial charge in [-0.15, -0.1) is 10.2 Å². The average Bonchev–Trinajstić information content (AvgIpc) is 3.14. The van der Waals surface area contributed by atoms with Crippen molar-refractivity contribution < 1.29 is 23.1 Å². The van der Waals surface area contributed by atoms with Crippen molar-refractivity contribution >= 4 is 11.8 Å². The molecule has 1 heterocycles. The molecule has 0 N–H and O–H groups in total. The molecule has 0 aliphatic carbocycles. The van der Waals surface area contributed by atoms with E-state index in [1.807, 2.05) is 0 Å². The van der Waals surface area contributed by atoms with Crippen molar-refractivity contribution in [2.45, 2.75) is 0 Å². The zero-order valence-corrected chi connectivity index (χ0v) is 12.3. The number of carbonyl (C=O) groups excluding carboxylic acids is 2. The number of ether oxygens (including phenoxy) is 1. The lowest BCUT2D eigenvalue weighted by Crippen LogP contribution is -2.14. The second-order valence-corrected chi connectivity index (χ2v) is 4.83. The molecule has 6 nitrogen and oxygen atoms in total. The van der Waals surface area contributed by atoms with Crippen LogP contribution in [0.3, 0.4) is 0 Å². The lowest BCUT2D eigenvalue weighted by molar-refractivity contribution is 0.0474. The smallest absolute Gasteiger partial charge is 0.338 e. The Kier molecular flexibility index (Phi) is 4.42. The normalized spacial score (nSPS) is 10.4. The molecule has 0 saturated carbocycles. The van der Waals surface area contributed by atoms with Crippen LogP contribution in [0.25, 0.3) is 11.5 Å². The molecule has 2 aromatic carbocycles. The van der Waals surface area contributed by atoms with E-state index in [1.165, 1.54) is 36.7 Å². The summed E-state index contributed by atoms with van der Waals surface area (Å²) < 4.78 is 23.1. The molecular formula is C17H11FN2O4. The molecule has 0 aliphatic rings. The number of aromatic nitrogens is 2. The SMILES string of the molecule is O=C(COC(=O)c1ccc(-c2nnco2)cc1)c1cccc(F)c1. The first-order chi connectivity index (χ1) is 11.6. The van der Waals surface area contributed by atoms with Gasteiger partial charge >= 0.3 is 5.97 Å². The number of benzene rings is 2. The third-order valence-electron chi connectivity index (χ3n) is 3.21. The monoisotopic (exact) mass is 326 g/mol. The standard InChI is InChI=1S/C17H11FN2O4/c18-14-3-1-2-13(8-14)15(21)9-23-17(22)12-6-4-11(5-7-12)16-20-19-10-24-16/h1-8,10H,9H2. The molecule has 0 bridgehead atoms. The van der Waals surface area contributed by atoms with E-state index < -0.39 is 24.2 Å². The predicted octanol–water partition coefficient (Wildman–Crippen LogP) is 2.92. The zero-order valence-electron chi connectivity index (χ0n) is 12.3. The maximum atomic E-state index is 13.1. The van der Waals surface area contributed by atoms with Crippen molar-refractivity contribution in [1.82, 2.24) is 10.2 Å². The Bertz CT molecular complexity index is 861. The van der Waals surface area contributed by atoms with Gasteiger partial charge in [0, 0.05) is 11.1 Å². The summed E-state index contributed by atoms with van der Waals surface area (Å²) in [7, 11) is 0. The number of ketones is 1. The van der Waals surface area contributed by atoms with Gasteiger partial charge in [-0.1, -0.05) is 12.1 Å². The van der Waals surface area contributed by atoms with Gasteiger partial charge in [-0.3, -0.25) is 4.79 Å². The summed E-state index contributed by atoms with van der Waals surface area (Å²) in [5.74, 6) is -1.33. The van der Waals surface area contributed by atoms with Crippen molar-refractivity contribution in [3.63, 3.8) is 0 Å². The van der Waals surface area contributed by atoms with Gasteiger partial charge in [0.25, 0.3) is 0 Å². The number of hydrogen-bond donors (Lipinski definition) is 0. The first-order valence-electron chi connectivity index (χ1n) is 6.96. The number of esters is 1. The molecule has 3 rings (SSSR count). The first-order valence-corrected chi connectivity index (χ1v) is 6.96. The van der Waals surface area contributed by atoms with Gasteiger partial charge in [-0.2, -0.15) is 0 Å². The Balaban J connectivity index is 1.62. The highest BCUT2D eigenvalue weighted by atomic mass is 19.1. The van der Waals surface area contributed by atoms with E-state index >= 15 is 0 Å². The molecule has 0 radical (unpaired) electrons. The molecule has 0 fully saturated rings. The van der Waals surface area contributed by atoms with E-state index in [0.717, 1.165) is 6.07 Å². The van der Waals surface area contributed by atoms with E-state index in [0.29, 0.717) is 11.5 Å². The van der Waals surface area contributed by atoms with Crippen LogP contribution < -0.4 is 0 Å². The van der Waals surface area contributed by atoms with E-state index in [4.69, 9.17) is 9.15 Å². The highest BCUT2D eigenvalue weighted by Gasteiger charge is 2.13. The van der Waals surface area contributed by atoms with Crippen molar-refractivity contribution in [1.29, 1.82) is 0 Å². The molecule has 120 valence electrons. The Hall–Kier alpha value is -3.35. The number of halogens is 1. The molecule has 24 heavy (non-hydrogen) atoms. The van der Waals surface area contributed by atoms with Crippen LogP contribution in [0.15, 0.2) is 59.3 Å². The second kappa shape index (κ2) is 6.82. The van der Waals surface area contributed by atoms with Gasteiger partial charge in [-0.05, 0) is 36.4 Å². The molecule has 0 aliphatic heterocycles. The number of rotatable bonds is 5. The predicted molar refractivity (Wildman–Crippen MR) is 80.7 cm³/mol. The first kappa shape index (κ1) is 15.5. The van der Waals surface area contributed by atoms with Gasteiger partial charge in [0.15, 0.2) is 12.4 Å². The quantitative estimate of drug-likeness (QED) is 0.529. The van der Waals surface area contributed by atoms with Gasteiger partial charge in [0.05, 0.1) is 5.56 Å². The molecule has 3 aromatic rings. The molecular weight excluding hydrogens is 315 g/mol. The van der Waals surface area contributed by atoms with Crippen molar-refractivity contribution in [2.24, 2.45) is 0 Å². The van der Waals surface area contributed by atoms with E-state index in [9.17, 15) is 14.0 Å². The maximum Gasteiger partial charge on any atom is 0.338 e. The molecule has 7 heteroatoms. The van der Waals surface area contributed by atoms with E-state index in [2.05, 4.69) is 10.2 Å². The van der Waals surface area contributed by atoms with E-state index in [-0.39, 0.29) is 11.1 Å². The van der Waals surface area contributed by atoms with Gasteiger partial charge < -0.3 is 9.15 Å². The largest absolute Gasteiger partial charge is 0.454 e. The summed E-state index contributed by atoms with van der Waals surface area (Å²) in [6, 6.07) is 11.5. The maximum absolute atomic E-state index is 13.1. The minimum atomic E-state index is -0.656. The Labute approximate surface area is 135 Å². The number of hydrogen-bond acceptors (Lipinski definition) is 6. The van der Waals surface area contributed by atoms with Crippen LogP contribution in [-0.4, -0.2) is 28.6 Å². The van der Waals surface area contributed by atoms with Gasteiger partial charge in [0.1, 0.15) is 5.82 Å². The van der Waals surface area contributed by atoms with Crippen LogP contribution in [0.5, 0.6) is 0 Å². The van der Waals surface area contributed by atoms with Crippen molar-refractivity contribution in [2.75, 3.05) is 6.61 Å². The fourth-order valence-electron chi connectivity index (χ4n) is 2.01. The summed E-state index contributed by atoms with van der Waals surface area (Å²) in [6.45, 7) is -0.465. The van der Waals surface area contributed by atoms with Gasteiger partial charge in [0.2, 0.25) is 12.3 Å². The highest BCUT2D eigenvalue weighted by Crippen LogP contribution is 2.17. The summed E-state index contributed by atoms with van der Waals surface area (Å²) in [5.41, 5.74) is 1.07. The van der Waals surface area contributed by atoms with Crippen LogP contribution >= 0.6 is 0 Å².